The maximum Gasteiger partial charge on any atom is 0.0137 e. The largest absolute Gasteiger partial charge is 0.330 e. The van der Waals surface area contributed by atoms with Crippen LogP contribution in [-0.4, -0.2) is 55.1 Å². The van der Waals surface area contributed by atoms with Gasteiger partial charge in [0, 0.05) is 32.2 Å². The average Bonchev–Trinajstić information content (AvgIpc) is 2.77. The number of nitrogens with zero attached hydrogens (tertiary/aromatic N) is 2. The lowest BCUT2D eigenvalue weighted by atomic mass is 10.0. The first-order valence-corrected chi connectivity index (χ1v) is 6.51. The van der Waals surface area contributed by atoms with Gasteiger partial charge in [0.2, 0.25) is 0 Å². The Bertz CT molecular complexity index is 187. The molecule has 3 heteroatoms. The van der Waals surface area contributed by atoms with E-state index in [1.807, 2.05) is 0 Å². The molecular formula is C12H25N3. The van der Waals surface area contributed by atoms with Gasteiger partial charge in [0.25, 0.3) is 0 Å². The zero-order valence-corrected chi connectivity index (χ0v) is 9.99. The zero-order valence-electron chi connectivity index (χ0n) is 9.99. The van der Waals surface area contributed by atoms with Gasteiger partial charge in [-0.1, -0.05) is 13.3 Å². The van der Waals surface area contributed by atoms with Crippen molar-refractivity contribution in [2.24, 2.45) is 11.7 Å². The van der Waals surface area contributed by atoms with Gasteiger partial charge in [0.05, 0.1) is 0 Å². The quantitative estimate of drug-likeness (QED) is 0.748. The molecule has 1 saturated carbocycles. The van der Waals surface area contributed by atoms with E-state index in [0.29, 0.717) is 0 Å². The molecule has 1 aliphatic carbocycles. The van der Waals surface area contributed by atoms with E-state index in [4.69, 9.17) is 5.73 Å². The topological polar surface area (TPSA) is 32.5 Å². The van der Waals surface area contributed by atoms with E-state index < -0.39 is 0 Å². The Kier molecular flexibility index (Phi) is 4.00. The third kappa shape index (κ3) is 2.52. The van der Waals surface area contributed by atoms with Crippen LogP contribution in [0.15, 0.2) is 0 Å². The minimum absolute atomic E-state index is 0.776. The van der Waals surface area contributed by atoms with Crippen LogP contribution in [0.4, 0.5) is 0 Å². The van der Waals surface area contributed by atoms with E-state index in [1.54, 1.807) is 0 Å². The highest BCUT2D eigenvalue weighted by Gasteiger charge is 2.32. The van der Waals surface area contributed by atoms with Crippen molar-refractivity contribution in [3.05, 3.63) is 0 Å². The van der Waals surface area contributed by atoms with Gasteiger partial charge in [-0.15, -0.1) is 0 Å². The van der Waals surface area contributed by atoms with E-state index in [9.17, 15) is 0 Å². The third-order valence-electron chi connectivity index (χ3n) is 4.24. The van der Waals surface area contributed by atoms with Crippen LogP contribution < -0.4 is 5.73 Å². The van der Waals surface area contributed by atoms with E-state index in [2.05, 4.69) is 16.7 Å². The van der Waals surface area contributed by atoms with Crippen LogP contribution in [0.2, 0.25) is 0 Å². The van der Waals surface area contributed by atoms with Gasteiger partial charge in [-0.3, -0.25) is 4.90 Å². The first-order valence-electron chi connectivity index (χ1n) is 6.51. The second-order valence-electron chi connectivity index (χ2n) is 4.96. The Morgan fingerprint density at radius 1 is 1.13 bits per heavy atom. The van der Waals surface area contributed by atoms with Gasteiger partial charge in [0.1, 0.15) is 0 Å². The number of hydrogen-bond acceptors (Lipinski definition) is 3. The third-order valence-corrected chi connectivity index (χ3v) is 4.24. The molecule has 3 nitrogen and oxygen atoms in total. The van der Waals surface area contributed by atoms with Crippen molar-refractivity contribution in [2.75, 3.05) is 39.3 Å². The highest BCUT2D eigenvalue weighted by molar-refractivity contribution is 4.88. The Morgan fingerprint density at radius 2 is 1.87 bits per heavy atom. The molecule has 2 fully saturated rings. The van der Waals surface area contributed by atoms with E-state index in [1.165, 1.54) is 52.0 Å². The number of likely N-dealkylation sites (N-methyl/N-ethyl adjacent to an activating group) is 1. The molecule has 15 heavy (non-hydrogen) atoms. The maximum absolute atomic E-state index is 5.85. The Morgan fingerprint density at radius 3 is 2.47 bits per heavy atom. The molecule has 2 aliphatic rings. The molecule has 1 aliphatic heterocycles. The van der Waals surface area contributed by atoms with Crippen LogP contribution in [0, 0.1) is 5.92 Å². The molecule has 0 bridgehead atoms. The van der Waals surface area contributed by atoms with Gasteiger partial charge in [-0.05, 0) is 31.8 Å². The standard InChI is InChI=1S/C12H25N3/c1-2-14-6-8-15(9-7-14)12-5-3-4-11(12)10-13/h11-12H,2-10,13H2,1H3. The Balaban J connectivity index is 1.84. The molecule has 1 saturated heterocycles. The summed E-state index contributed by atoms with van der Waals surface area (Å²) in [4.78, 5) is 5.24. The van der Waals surface area contributed by atoms with Crippen LogP contribution >= 0.6 is 0 Å². The monoisotopic (exact) mass is 211 g/mol. The van der Waals surface area contributed by atoms with Crippen LogP contribution in [0.5, 0.6) is 0 Å². The first kappa shape index (κ1) is 11.4. The molecule has 0 aromatic carbocycles. The van der Waals surface area contributed by atoms with Crippen LogP contribution in [0.1, 0.15) is 26.2 Å². The Labute approximate surface area is 93.6 Å². The van der Waals surface area contributed by atoms with Crippen molar-refractivity contribution in [2.45, 2.75) is 32.2 Å². The van der Waals surface area contributed by atoms with Crippen LogP contribution in [0.25, 0.3) is 0 Å². The molecule has 0 spiro atoms. The van der Waals surface area contributed by atoms with Crippen molar-refractivity contribution in [3.63, 3.8) is 0 Å². The van der Waals surface area contributed by atoms with E-state index >= 15 is 0 Å². The van der Waals surface area contributed by atoms with E-state index in [0.717, 1.165) is 18.5 Å². The lowest BCUT2D eigenvalue weighted by Gasteiger charge is -2.39. The highest BCUT2D eigenvalue weighted by atomic mass is 15.3. The van der Waals surface area contributed by atoms with Crippen molar-refractivity contribution in [3.8, 4) is 0 Å². The van der Waals surface area contributed by atoms with Crippen molar-refractivity contribution in [1.29, 1.82) is 0 Å². The molecule has 2 atom stereocenters. The predicted octanol–water partition coefficient (Wildman–Crippen LogP) is 0.751. The van der Waals surface area contributed by atoms with Crippen LogP contribution in [0.3, 0.4) is 0 Å². The molecule has 0 amide bonds. The molecule has 2 unspecified atom stereocenters. The van der Waals surface area contributed by atoms with Crippen molar-refractivity contribution in [1.82, 2.24) is 9.80 Å². The average molecular weight is 211 g/mol. The fourth-order valence-corrected chi connectivity index (χ4v) is 3.18. The summed E-state index contributed by atoms with van der Waals surface area (Å²) in [5.74, 6) is 0.776. The lowest BCUT2D eigenvalue weighted by Crippen LogP contribution is -2.51. The van der Waals surface area contributed by atoms with Gasteiger partial charge < -0.3 is 10.6 Å². The molecule has 1 heterocycles. The number of hydrogen-bond donors (Lipinski definition) is 1. The van der Waals surface area contributed by atoms with Gasteiger partial charge in [-0.2, -0.15) is 0 Å². The fraction of sp³-hybridized carbons (Fsp3) is 1.00. The second-order valence-corrected chi connectivity index (χ2v) is 4.96. The summed E-state index contributed by atoms with van der Waals surface area (Å²) in [5, 5.41) is 0. The van der Waals surface area contributed by atoms with Gasteiger partial charge >= 0.3 is 0 Å². The molecule has 0 aromatic rings. The number of nitrogens with two attached hydrogens (primary N) is 1. The zero-order chi connectivity index (χ0) is 10.7. The lowest BCUT2D eigenvalue weighted by molar-refractivity contribution is 0.0837. The SMILES string of the molecule is CCN1CCN(C2CCCC2CN)CC1. The molecule has 88 valence electrons. The number of rotatable bonds is 3. The Hall–Kier alpha value is -0.120. The second kappa shape index (κ2) is 5.28. The van der Waals surface area contributed by atoms with Crippen molar-refractivity contribution < 1.29 is 0 Å². The summed E-state index contributed by atoms with van der Waals surface area (Å²) < 4.78 is 0. The molecule has 0 aromatic heterocycles. The minimum Gasteiger partial charge on any atom is -0.330 e. The summed E-state index contributed by atoms with van der Waals surface area (Å²) in [6.07, 6.45) is 4.13. The summed E-state index contributed by atoms with van der Waals surface area (Å²) in [7, 11) is 0. The maximum atomic E-state index is 5.85. The predicted molar refractivity (Wildman–Crippen MR) is 63.9 cm³/mol. The number of piperazine rings is 1. The molecule has 2 rings (SSSR count). The van der Waals surface area contributed by atoms with Crippen LogP contribution in [-0.2, 0) is 0 Å². The highest BCUT2D eigenvalue weighted by Crippen LogP contribution is 2.29. The van der Waals surface area contributed by atoms with Gasteiger partial charge in [-0.25, -0.2) is 0 Å². The fourth-order valence-electron chi connectivity index (χ4n) is 3.18. The summed E-state index contributed by atoms with van der Waals surface area (Å²) in [5.41, 5.74) is 5.85. The first-order chi connectivity index (χ1) is 7.35. The smallest absolute Gasteiger partial charge is 0.0137 e. The van der Waals surface area contributed by atoms with E-state index in [-0.39, 0.29) is 0 Å². The molecule has 2 N–H and O–H groups in total. The molecular weight excluding hydrogens is 186 g/mol. The molecule has 0 radical (unpaired) electrons. The summed E-state index contributed by atoms with van der Waals surface area (Å²) in [6, 6.07) is 0.800. The summed E-state index contributed by atoms with van der Waals surface area (Å²) in [6.45, 7) is 9.38. The van der Waals surface area contributed by atoms with Gasteiger partial charge in [0.15, 0.2) is 0 Å². The minimum atomic E-state index is 0.776. The normalized spacial score (nSPS) is 34.8. The van der Waals surface area contributed by atoms with Crippen molar-refractivity contribution >= 4 is 0 Å². The summed E-state index contributed by atoms with van der Waals surface area (Å²) >= 11 is 0.